The van der Waals surface area contributed by atoms with Gasteiger partial charge in [0.05, 0.1) is 16.5 Å². The number of aliphatic carboxylic acids is 1. The molecule has 1 aromatic rings. The normalized spacial score (nSPS) is 12.6. The van der Waals surface area contributed by atoms with Crippen LogP contribution in [0.3, 0.4) is 0 Å². The van der Waals surface area contributed by atoms with Crippen molar-refractivity contribution in [3.8, 4) is 6.07 Å². The summed E-state index contributed by atoms with van der Waals surface area (Å²) < 4.78 is 31.4. The Morgan fingerprint density at radius 2 is 2.19 bits per heavy atom. The number of nitriles is 1. The van der Waals surface area contributed by atoms with Gasteiger partial charge in [0.1, 0.15) is 6.04 Å². The maximum atomic E-state index is 12.3. The highest BCUT2D eigenvalue weighted by atomic mass is 32.2. The summed E-state index contributed by atoms with van der Waals surface area (Å²) in [6.07, 6.45) is 0.00204. The monoisotopic (exact) mass is 312 g/mol. The number of carboxylic acids is 1. The third kappa shape index (κ3) is 4.53. The van der Waals surface area contributed by atoms with E-state index >= 15 is 0 Å². The molecule has 0 fully saturated rings. The van der Waals surface area contributed by atoms with Gasteiger partial charge in [-0.1, -0.05) is 6.07 Å². The van der Waals surface area contributed by atoms with Gasteiger partial charge in [-0.3, -0.25) is 4.79 Å². The van der Waals surface area contributed by atoms with Gasteiger partial charge >= 0.3 is 5.97 Å². The van der Waals surface area contributed by atoms with Crippen molar-refractivity contribution in [2.75, 3.05) is 13.7 Å². The number of hydrogen-bond acceptors (Lipinski definition) is 5. The van der Waals surface area contributed by atoms with Gasteiger partial charge in [0, 0.05) is 13.7 Å². The van der Waals surface area contributed by atoms with Crippen LogP contribution in [0.15, 0.2) is 23.1 Å². The molecule has 2 N–H and O–H groups in total. The first-order chi connectivity index (χ1) is 9.81. The number of nitrogens with one attached hydrogen (secondary N) is 1. The van der Waals surface area contributed by atoms with Crippen molar-refractivity contribution < 1.29 is 23.1 Å². The molecule has 0 radical (unpaired) electrons. The molecular formula is C13H16N2O5S. The van der Waals surface area contributed by atoms with Gasteiger partial charge in [0.2, 0.25) is 10.0 Å². The molecular weight excluding hydrogens is 296 g/mol. The fraction of sp³-hybridized carbons (Fsp3) is 0.385. The predicted octanol–water partition coefficient (Wildman–Crippen LogP) is 0.635. The SMILES string of the molecule is COCCC(NS(=O)(=O)c1cc(C#N)ccc1C)C(=O)O. The van der Waals surface area contributed by atoms with Gasteiger partial charge in [0.25, 0.3) is 0 Å². The molecule has 1 aromatic carbocycles. The van der Waals surface area contributed by atoms with Gasteiger partial charge in [-0.2, -0.15) is 9.98 Å². The highest BCUT2D eigenvalue weighted by Crippen LogP contribution is 2.17. The number of methoxy groups -OCH3 is 1. The van der Waals surface area contributed by atoms with Crippen molar-refractivity contribution in [1.82, 2.24) is 4.72 Å². The third-order valence-electron chi connectivity index (χ3n) is 2.81. The molecule has 0 saturated heterocycles. The van der Waals surface area contributed by atoms with E-state index in [4.69, 9.17) is 15.1 Å². The molecule has 1 atom stereocenters. The Morgan fingerprint density at radius 3 is 2.71 bits per heavy atom. The van der Waals surface area contributed by atoms with Crippen molar-refractivity contribution in [1.29, 1.82) is 5.26 Å². The van der Waals surface area contributed by atoms with Gasteiger partial charge in [-0.15, -0.1) is 0 Å². The molecule has 0 heterocycles. The maximum absolute atomic E-state index is 12.3. The maximum Gasteiger partial charge on any atom is 0.321 e. The fourth-order valence-corrected chi connectivity index (χ4v) is 3.17. The van der Waals surface area contributed by atoms with E-state index in [1.807, 2.05) is 6.07 Å². The van der Waals surface area contributed by atoms with Crippen LogP contribution < -0.4 is 4.72 Å². The topological polar surface area (TPSA) is 116 Å². The van der Waals surface area contributed by atoms with Crippen molar-refractivity contribution >= 4 is 16.0 Å². The van der Waals surface area contributed by atoms with E-state index in [0.717, 1.165) is 0 Å². The zero-order valence-electron chi connectivity index (χ0n) is 11.7. The Labute approximate surface area is 123 Å². The Morgan fingerprint density at radius 1 is 1.52 bits per heavy atom. The second-order valence-corrected chi connectivity index (χ2v) is 6.07. The van der Waals surface area contributed by atoms with E-state index in [9.17, 15) is 13.2 Å². The molecule has 0 spiro atoms. The summed E-state index contributed by atoms with van der Waals surface area (Å²) in [5.41, 5.74) is 0.613. The van der Waals surface area contributed by atoms with Crippen LogP contribution in [0.5, 0.6) is 0 Å². The molecule has 21 heavy (non-hydrogen) atoms. The standard InChI is InChI=1S/C13H16N2O5S/c1-9-3-4-10(8-14)7-12(9)21(18,19)15-11(13(16)17)5-6-20-2/h3-4,7,11,15H,5-6H2,1-2H3,(H,16,17). The number of rotatable bonds is 7. The molecule has 0 aliphatic carbocycles. The van der Waals surface area contributed by atoms with Crippen molar-refractivity contribution in [2.24, 2.45) is 0 Å². The van der Waals surface area contributed by atoms with Gasteiger partial charge in [-0.25, -0.2) is 8.42 Å². The zero-order valence-corrected chi connectivity index (χ0v) is 12.5. The molecule has 0 bridgehead atoms. The fourth-order valence-electron chi connectivity index (χ4n) is 1.68. The second-order valence-electron chi connectivity index (χ2n) is 4.39. The quantitative estimate of drug-likeness (QED) is 0.763. The van der Waals surface area contributed by atoms with E-state index in [0.29, 0.717) is 5.56 Å². The van der Waals surface area contributed by atoms with E-state index in [-0.39, 0.29) is 23.5 Å². The number of aryl methyl sites for hydroxylation is 1. The van der Waals surface area contributed by atoms with Crippen LogP contribution in [0.2, 0.25) is 0 Å². The minimum Gasteiger partial charge on any atom is -0.480 e. The minimum absolute atomic E-state index is 0.00204. The molecule has 0 amide bonds. The predicted molar refractivity (Wildman–Crippen MR) is 74.1 cm³/mol. The molecule has 0 aliphatic heterocycles. The van der Waals surface area contributed by atoms with E-state index < -0.39 is 22.0 Å². The Balaban J connectivity index is 3.10. The molecule has 8 heteroatoms. The average Bonchev–Trinajstić information content (AvgIpc) is 2.43. The lowest BCUT2D eigenvalue weighted by molar-refractivity contribution is -0.139. The largest absolute Gasteiger partial charge is 0.480 e. The molecule has 7 nitrogen and oxygen atoms in total. The molecule has 1 unspecified atom stereocenters. The highest BCUT2D eigenvalue weighted by Gasteiger charge is 2.26. The van der Waals surface area contributed by atoms with Crippen molar-refractivity contribution in [3.63, 3.8) is 0 Å². The first kappa shape index (κ1) is 17.1. The second kappa shape index (κ2) is 7.17. The zero-order chi connectivity index (χ0) is 16.0. The number of hydrogen-bond donors (Lipinski definition) is 2. The lowest BCUT2D eigenvalue weighted by Crippen LogP contribution is -2.41. The summed E-state index contributed by atoms with van der Waals surface area (Å²) in [5, 5.41) is 17.9. The van der Waals surface area contributed by atoms with Gasteiger partial charge in [-0.05, 0) is 31.0 Å². The summed E-state index contributed by atoms with van der Waals surface area (Å²) >= 11 is 0. The summed E-state index contributed by atoms with van der Waals surface area (Å²) in [5.74, 6) is -1.29. The summed E-state index contributed by atoms with van der Waals surface area (Å²) in [6.45, 7) is 1.68. The van der Waals surface area contributed by atoms with Crippen LogP contribution in [0.25, 0.3) is 0 Å². The van der Waals surface area contributed by atoms with E-state index in [1.54, 1.807) is 6.92 Å². The van der Waals surface area contributed by atoms with Gasteiger partial charge in [0.15, 0.2) is 0 Å². The number of ether oxygens (including phenoxy) is 1. The Hall–Kier alpha value is -1.95. The molecule has 0 saturated carbocycles. The highest BCUT2D eigenvalue weighted by molar-refractivity contribution is 7.89. The molecule has 0 aromatic heterocycles. The molecule has 114 valence electrons. The number of nitrogens with zero attached hydrogens (tertiary/aromatic N) is 1. The summed E-state index contributed by atoms with van der Waals surface area (Å²) in [6, 6.07) is 4.76. The van der Waals surface area contributed by atoms with Crippen LogP contribution in [-0.4, -0.2) is 39.3 Å². The van der Waals surface area contributed by atoms with Crippen LogP contribution in [0.4, 0.5) is 0 Å². The molecule has 1 rings (SSSR count). The Kier molecular flexibility index (Phi) is 5.84. The van der Waals surface area contributed by atoms with Gasteiger partial charge < -0.3 is 9.84 Å². The molecule has 0 aliphatic rings. The van der Waals surface area contributed by atoms with Crippen molar-refractivity contribution in [2.45, 2.75) is 24.3 Å². The van der Waals surface area contributed by atoms with E-state index in [1.165, 1.54) is 25.3 Å². The number of benzene rings is 1. The Bertz CT molecular complexity index is 664. The third-order valence-corrected chi connectivity index (χ3v) is 4.43. The van der Waals surface area contributed by atoms with Crippen LogP contribution in [-0.2, 0) is 19.6 Å². The van der Waals surface area contributed by atoms with Crippen LogP contribution >= 0.6 is 0 Å². The number of sulfonamides is 1. The number of carboxylic acid groups (broad SMARTS) is 1. The lowest BCUT2D eigenvalue weighted by Gasteiger charge is -2.15. The summed E-state index contributed by atoms with van der Waals surface area (Å²) in [4.78, 5) is 11.0. The van der Waals surface area contributed by atoms with Crippen molar-refractivity contribution in [3.05, 3.63) is 29.3 Å². The lowest BCUT2D eigenvalue weighted by atomic mass is 10.2. The first-order valence-corrected chi connectivity index (χ1v) is 7.55. The minimum atomic E-state index is -4.04. The smallest absolute Gasteiger partial charge is 0.321 e. The summed E-state index contributed by atoms with van der Waals surface area (Å²) in [7, 11) is -2.64. The first-order valence-electron chi connectivity index (χ1n) is 6.06. The average molecular weight is 312 g/mol. The van der Waals surface area contributed by atoms with E-state index in [2.05, 4.69) is 4.72 Å². The number of carbonyl (C=O) groups is 1. The van der Waals surface area contributed by atoms with Crippen LogP contribution in [0.1, 0.15) is 17.5 Å². The van der Waals surface area contributed by atoms with Crippen LogP contribution in [0, 0.1) is 18.3 Å².